The molecule has 0 fully saturated rings. The van der Waals surface area contributed by atoms with Gasteiger partial charge in [0.05, 0.1) is 5.56 Å². The van der Waals surface area contributed by atoms with Gasteiger partial charge in [-0.15, -0.1) is 11.8 Å². The average Bonchev–Trinajstić information content (AvgIpc) is 2.14. The van der Waals surface area contributed by atoms with Crippen LogP contribution in [0.5, 0.6) is 0 Å². The predicted octanol–water partition coefficient (Wildman–Crippen LogP) is 3.65. The lowest BCUT2D eigenvalue weighted by Gasteiger charge is -2.06. The highest BCUT2D eigenvalue weighted by atomic mass is 79.9. The lowest BCUT2D eigenvalue weighted by Crippen LogP contribution is -2.00. The van der Waals surface area contributed by atoms with Gasteiger partial charge in [-0.3, -0.25) is 0 Å². The first-order chi connectivity index (χ1) is 6.66. The Morgan fingerprint density at radius 3 is 2.86 bits per heavy atom. The molecule has 0 saturated carbocycles. The number of halogens is 1. The number of carboxylic acid groups (broad SMARTS) is 1. The van der Waals surface area contributed by atoms with Crippen molar-refractivity contribution < 1.29 is 9.90 Å². The Morgan fingerprint density at radius 2 is 2.29 bits per heavy atom. The van der Waals surface area contributed by atoms with E-state index in [0.29, 0.717) is 10.0 Å². The molecule has 0 heterocycles. The number of carboxylic acids is 1. The molecule has 0 aliphatic rings. The molecule has 0 saturated heterocycles. The highest BCUT2D eigenvalue weighted by Crippen LogP contribution is 2.29. The van der Waals surface area contributed by atoms with Crippen LogP contribution < -0.4 is 0 Å². The number of hydrogen-bond donors (Lipinski definition) is 1. The molecule has 0 bridgehead atoms. The molecule has 0 amide bonds. The van der Waals surface area contributed by atoms with Crippen LogP contribution in [0.25, 0.3) is 0 Å². The number of hydrogen-bond acceptors (Lipinski definition) is 2. The number of carbonyl (C=O) groups is 1. The molecular weight excluding hydrogens is 264 g/mol. The van der Waals surface area contributed by atoms with E-state index in [-0.39, 0.29) is 0 Å². The number of benzene rings is 1. The maximum atomic E-state index is 11.0. The van der Waals surface area contributed by atoms with Gasteiger partial charge in [0.25, 0.3) is 0 Å². The summed E-state index contributed by atoms with van der Waals surface area (Å²) >= 11 is 4.82. The van der Waals surface area contributed by atoms with Gasteiger partial charge >= 0.3 is 5.97 Å². The summed E-state index contributed by atoms with van der Waals surface area (Å²) in [6.07, 6.45) is 1.04. The predicted molar refractivity (Wildman–Crippen MR) is 62.1 cm³/mol. The highest BCUT2D eigenvalue weighted by Gasteiger charge is 2.13. The van der Waals surface area contributed by atoms with Gasteiger partial charge in [0.1, 0.15) is 0 Å². The first kappa shape index (κ1) is 11.6. The van der Waals surface area contributed by atoms with E-state index >= 15 is 0 Å². The number of rotatable bonds is 4. The summed E-state index contributed by atoms with van der Waals surface area (Å²) in [7, 11) is 0. The van der Waals surface area contributed by atoms with E-state index in [1.54, 1.807) is 17.8 Å². The Morgan fingerprint density at radius 1 is 1.57 bits per heavy atom. The van der Waals surface area contributed by atoms with Gasteiger partial charge in [-0.25, -0.2) is 4.79 Å². The zero-order valence-corrected chi connectivity index (χ0v) is 10.2. The van der Waals surface area contributed by atoms with Gasteiger partial charge in [-0.1, -0.05) is 13.0 Å². The molecule has 14 heavy (non-hydrogen) atoms. The van der Waals surface area contributed by atoms with E-state index in [2.05, 4.69) is 22.9 Å². The number of aromatic carboxylic acids is 1. The minimum absolute atomic E-state index is 0.367. The van der Waals surface area contributed by atoms with Crippen LogP contribution in [-0.4, -0.2) is 16.8 Å². The fourth-order valence-corrected chi connectivity index (χ4v) is 2.65. The molecule has 0 aliphatic heterocycles. The zero-order chi connectivity index (χ0) is 10.6. The Labute approximate surface area is 95.8 Å². The molecule has 1 N–H and O–H groups in total. The van der Waals surface area contributed by atoms with Crippen molar-refractivity contribution in [1.82, 2.24) is 0 Å². The van der Waals surface area contributed by atoms with E-state index in [1.807, 2.05) is 12.1 Å². The van der Waals surface area contributed by atoms with Gasteiger partial charge < -0.3 is 5.11 Å². The lowest BCUT2D eigenvalue weighted by atomic mass is 10.2. The molecule has 76 valence electrons. The van der Waals surface area contributed by atoms with Crippen molar-refractivity contribution in [2.24, 2.45) is 0 Å². The Hall–Kier alpha value is -0.480. The smallest absolute Gasteiger partial charge is 0.337 e. The maximum absolute atomic E-state index is 11.0. The summed E-state index contributed by atoms with van der Waals surface area (Å²) in [4.78, 5) is 11.8. The summed E-state index contributed by atoms with van der Waals surface area (Å²) in [5.41, 5.74) is 0.367. The Bertz CT molecular complexity index is 339. The maximum Gasteiger partial charge on any atom is 0.337 e. The van der Waals surface area contributed by atoms with Gasteiger partial charge in [-0.2, -0.15) is 0 Å². The molecule has 1 rings (SSSR count). The van der Waals surface area contributed by atoms with E-state index in [0.717, 1.165) is 17.1 Å². The van der Waals surface area contributed by atoms with Crippen molar-refractivity contribution in [3.05, 3.63) is 28.2 Å². The normalized spacial score (nSPS) is 10.1. The fraction of sp³-hybridized carbons (Fsp3) is 0.300. The van der Waals surface area contributed by atoms with Crippen molar-refractivity contribution in [3.8, 4) is 0 Å². The third-order valence-electron chi connectivity index (χ3n) is 1.65. The van der Waals surface area contributed by atoms with Crippen LogP contribution in [0.4, 0.5) is 0 Å². The van der Waals surface area contributed by atoms with Gasteiger partial charge in [0.2, 0.25) is 0 Å². The van der Waals surface area contributed by atoms with Gasteiger partial charge in [0, 0.05) is 9.37 Å². The third kappa shape index (κ3) is 2.75. The van der Waals surface area contributed by atoms with Crippen LogP contribution in [-0.2, 0) is 0 Å². The van der Waals surface area contributed by atoms with Crippen LogP contribution in [0.15, 0.2) is 27.6 Å². The average molecular weight is 275 g/mol. The number of thioether (sulfide) groups is 1. The molecular formula is C10H11BrO2S. The summed E-state index contributed by atoms with van der Waals surface area (Å²) in [6.45, 7) is 2.07. The third-order valence-corrected chi connectivity index (χ3v) is 3.58. The molecule has 0 radical (unpaired) electrons. The quantitative estimate of drug-likeness (QED) is 0.852. The molecule has 0 aromatic heterocycles. The standard InChI is InChI=1S/C10H11BrO2S/c1-2-6-14-8-5-3-4-7(11)9(8)10(12)13/h3-5H,2,6H2,1H3,(H,12,13). The fourth-order valence-electron chi connectivity index (χ4n) is 1.04. The van der Waals surface area contributed by atoms with E-state index in [4.69, 9.17) is 5.11 Å². The molecule has 2 nitrogen and oxygen atoms in total. The van der Waals surface area contributed by atoms with Crippen molar-refractivity contribution in [1.29, 1.82) is 0 Å². The summed E-state index contributed by atoms with van der Waals surface area (Å²) in [6, 6.07) is 5.45. The first-order valence-corrected chi connectivity index (χ1v) is 6.09. The van der Waals surface area contributed by atoms with Crippen molar-refractivity contribution in [2.45, 2.75) is 18.2 Å². The Kier molecular flexibility index (Phi) is 4.48. The minimum Gasteiger partial charge on any atom is -0.478 e. The highest BCUT2D eigenvalue weighted by molar-refractivity contribution is 9.10. The molecule has 0 aliphatic carbocycles. The molecule has 0 atom stereocenters. The SMILES string of the molecule is CCCSc1cccc(Br)c1C(=O)O. The second-order valence-electron chi connectivity index (χ2n) is 2.77. The van der Waals surface area contributed by atoms with Crippen LogP contribution in [0.1, 0.15) is 23.7 Å². The second kappa shape index (κ2) is 5.41. The first-order valence-electron chi connectivity index (χ1n) is 4.31. The zero-order valence-electron chi connectivity index (χ0n) is 7.79. The second-order valence-corrected chi connectivity index (χ2v) is 4.76. The van der Waals surface area contributed by atoms with Gasteiger partial charge in [0.15, 0.2) is 0 Å². The lowest BCUT2D eigenvalue weighted by molar-refractivity contribution is 0.0692. The monoisotopic (exact) mass is 274 g/mol. The molecule has 1 aromatic carbocycles. The minimum atomic E-state index is -0.879. The van der Waals surface area contributed by atoms with Crippen molar-refractivity contribution in [3.63, 3.8) is 0 Å². The summed E-state index contributed by atoms with van der Waals surface area (Å²) in [5, 5.41) is 9.00. The molecule has 4 heteroatoms. The van der Waals surface area contributed by atoms with Crippen LogP contribution >= 0.6 is 27.7 Å². The van der Waals surface area contributed by atoms with Crippen LogP contribution in [0.3, 0.4) is 0 Å². The molecule has 0 spiro atoms. The van der Waals surface area contributed by atoms with E-state index in [9.17, 15) is 4.79 Å². The summed E-state index contributed by atoms with van der Waals surface area (Å²) < 4.78 is 0.645. The van der Waals surface area contributed by atoms with Crippen molar-refractivity contribution in [2.75, 3.05) is 5.75 Å². The molecule has 1 aromatic rings. The van der Waals surface area contributed by atoms with E-state index in [1.165, 1.54) is 0 Å². The summed E-state index contributed by atoms with van der Waals surface area (Å²) in [5.74, 6) is 0.0626. The van der Waals surface area contributed by atoms with Crippen LogP contribution in [0.2, 0.25) is 0 Å². The van der Waals surface area contributed by atoms with E-state index < -0.39 is 5.97 Å². The Balaban J connectivity index is 3.02. The molecule has 0 unspecified atom stereocenters. The van der Waals surface area contributed by atoms with Crippen LogP contribution in [0, 0.1) is 0 Å². The largest absolute Gasteiger partial charge is 0.478 e. The van der Waals surface area contributed by atoms with Gasteiger partial charge in [-0.05, 0) is 40.2 Å². The topological polar surface area (TPSA) is 37.3 Å². The van der Waals surface area contributed by atoms with Crippen molar-refractivity contribution >= 4 is 33.7 Å².